The standard InChI is InChI=1S/C16H20BrN3O/c17-13-7-5-11(6-8-13)9-15-19-16(21-20-15)10-12-3-1-2-4-14(12)18/h5-8,12,14H,1-4,9-10,18H2. The zero-order valence-electron chi connectivity index (χ0n) is 12.0. The van der Waals surface area contributed by atoms with E-state index in [-0.39, 0.29) is 6.04 Å². The van der Waals surface area contributed by atoms with Crippen molar-refractivity contribution >= 4 is 15.9 Å². The molecule has 4 nitrogen and oxygen atoms in total. The van der Waals surface area contributed by atoms with Gasteiger partial charge in [0.05, 0.1) is 0 Å². The zero-order valence-corrected chi connectivity index (χ0v) is 13.6. The predicted octanol–water partition coefficient (Wildman–Crippen LogP) is 3.48. The minimum Gasteiger partial charge on any atom is -0.339 e. The summed E-state index contributed by atoms with van der Waals surface area (Å²) < 4.78 is 6.46. The van der Waals surface area contributed by atoms with Gasteiger partial charge in [-0.2, -0.15) is 4.98 Å². The molecule has 3 rings (SSSR count). The Hall–Kier alpha value is -1.20. The van der Waals surface area contributed by atoms with Gasteiger partial charge in [-0.05, 0) is 36.5 Å². The second-order valence-electron chi connectivity index (χ2n) is 5.82. The van der Waals surface area contributed by atoms with Gasteiger partial charge in [0.2, 0.25) is 5.89 Å². The first kappa shape index (κ1) is 14.7. The highest BCUT2D eigenvalue weighted by molar-refractivity contribution is 9.10. The Kier molecular flexibility index (Phi) is 4.70. The Labute approximate surface area is 133 Å². The van der Waals surface area contributed by atoms with Crippen LogP contribution in [0.4, 0.5) is 0 Å². The molecular weight excluding hydrogens is 330 g/mol. The molecule has 1 aromatic heterocycles. The normalized spacial score (nSPS) is 22.4. The number of hydrogen-bond donors (Lipinski definition) is 1. The Morgan fingerprint density at radius 3 is 2.71 bits per heavy atom. The topological polar surface area (TPSA) is 64.9 Å². The van der Waals surface area contributed by atoms with Crippen molar-refractivity contribution in [2.75, 3.05) is 0 Å². The van der Waals surface area contributed by atoms with Crippen LogP contribution in [-0.4, -0.2) is 16.2 Å². The lowest BCUT2D eigenvalue weighted by atomic mass is 9.83. The zero-order chi connectivity index (χ0) is 14.7. The van der Waals surface area contributed by atoms with Crippen molar-refractivity contribution in [1.82, 2.24) is 10.1 Å². The molecule has 1 heterocycles. The number of nitrogens with two attached hydrogens (primary N) is 1. The predicted molar refractivity (Wildman–Crippen MR) is 84.9 cm³/mol. The fourth-order valence-corrected chi connectivity index (χ4v) is 3.21. The third kappa shape index (κ3) is 3.92. The number of hydrogen-bond acceptors (Lipinski definition) is 4. The van der Waals surface area contributed by atoms with Crippen LogP contribution in [0.3, 0.4) is 0 Å². The molecule has 1 aromatic carbocycles. The Morgan fingerprint density at radius 1 is 1.19 bits per heavy atom. The van der Waals surface area contributed by atoms with E-state index in [9.17, 15) is 0 Å². The van der Waals surface area contributed by atoms with Crippen LogP contribution in [0.15, 0.2) is 33.3 Å². The van der Waals surface area contributed by atoms with Crippen LogP contribution in [0, 0.1) is 5.92 Å². The van der Waals surface area contributed by atoms with Gasteiger partial charge in [-0.1, -0.05) is 46.1 Å². The first-order valence-corrected chi connectivity index (χ1v) is 8.31. The first-order valence-electron chi connectivity index (χ1n) is 7.52. The van der Waals surface area contributed by atoms with Gasteiger partial charge in [-0.3, -0.25) is 0 Å². The van der Waals surface area contributed by atoms with Crippen molar-refractivity contribution < 1.29 is 4.52 Å². The average Bonchev–Trinajstić information content (AvgIpc) is 2.91. The van der Waals surface area contributed by atoms with E-state index in [0.717, 1.165) is 29.0 Å². The van der Waals surface area contributed by atoms with E-state index in [4.69, 9.17) is 10.3 Å². The van der Waals surface area contributed by atoms with Crippen LogP contribution >= 0.6 is 15.9 Å². The van der Waals surface area contributed by atoms with E-state index < -0.39 is 0 Å². The molecule has 2 unspecified atom stereocenters. The van der Waals surface area contributed by atoms with Gasteiger partial charge in [0.1, 0.15) is 0 Å². The molecule has 0 saturated heterocycles. The molecule has 112 valence electrons. The second kappa shape index (κ2) is 6.71. The van der Waals surface area contributed by atoms with E-state index in [1.54, 1.807) is 0 Å². The summed E-state index contributed by atoms with van der Waals surface area (Å²) in [7, 11) is 0. The van der Waals surface area contributed by atoms with Gasteiger partial charge in [0.15, 0.2) is 5.82 Å². The van der Waals surface area contributed by atoms with Crippen molar-refractivity contribution in [2.24, 2.45) is 11.7 Å². The maximum absolute atomic E-state index is 6.18. The molecule has 2 atom stereocenters. The maximum atomic E-state index is 6.18. The summed E-state index contributed by atoms with van der Waals surface area (Å²) in [4.78, 5) is 4.51. The molecule has 21 heavy (non-hydrogen) atoms. The molecule has 1 saturated carbocycles. The van der Waals surface area contributed by atoms with Gasteiger partial charge in [0.25, 0.3) is 0 Å². The third-order valence-electron chi connectivity index (χ3n) is 4.19. The van der Waals surface area contributed by atoms with Gasteiger partial charge in [-0.25, -0.2) is 0 Å². The summed E-state index contributed by atoms with van der Waals surface area (Å²) in [6.07, 6.45) is 6.31. The highest BCUT2D eigenvalue weighted by Gasteiger charge is 2.24. The smallest absolute Gasteiger partial charge is 0.226 e. The molecule has 1 aliphatic carbocycles. The largest absolute Gasteiger partial charge is 0.339 e. The molecule has 2 aromatic rings. The van der Waals surface area contributed by atoms with Crippen molar-refractivity contribution in [3.8, 4) is 0 Å². The van der Waals surface area contributed by atoms with Crippen LogP contribution < -0.4 is 5.73 Å². The van der Waals surface area contributed by atoms with E-state index in [0.29, 0.717) is 12.3 Å². The molecule has 2 N–H and O–H groups in total. The van der Waals surface area contributed by atoms with Crippen molar-refractivity contribution in [1.29, 1.82) is 0 Å². The molecule has 0 radical (unpaired) electrons. The summed E-state index contributed by atoms with van der Waals surface area (Å²) in [5, 5.41) is 4.09. The molecular formula is C16H20BrN3O. The minimum atomic E-state index is 0.278. The maximum Gasteiger partial charge on any atom is 0.226 e. The number of aromatic nitrogens is 2. The van der Waals surface area contributed by atoms with Crippen molar-refractivity contribution in [3.05, 3.63) is 46.0 Å². The number of rotatable bonds is 4. The van der Waals surface area contributed by atoms with Gasteiger partial charge in [-0.15, -0.1) is 0 Å². The first-order chi connectivity index (χ1) is 10.2. The molecule has 0 amide bonds. The molecule has 1 aliphatic rings. The summed E-state index contributed by atoms with van der Waals surface area (Å²) in [6.45, 7) is 0. The SMILES string of the molecule is NC1CCCCC1Cc1nc(Cc2ccc(Br)cc2)no1. The lowest BCUT2D eigenvalue weighted by Gasteiger charge is -2.27. The summed E-state index contributed by atoms with van der Waals surface area (Å²) in [5.74, 6) is 1.96. The molecule has 0 spiro atoms. The Morgan fingerprint density at radius 2 is 1.95 bits per heavy atom. The van der Waals surface area contributed by atoms with Gasteiger partial charge >= 0.3 is 0 Å². The van der Waals surface area contributed by atoms with Gasteiger partial charge < -0.3 is 10.3 Å². The highest BCUT2D eigenvalue weighted by atomic mass is 79.9. The number of halogens is 1. The van der Waals surface area contributed by atoms with Crippen LogP contribution in [0.1, 0.15) is 43.0 Å². The Balaban J connectivity index is 1.61. The van der Waals surface area contributed by atoms with Crippen LogP contribution in [0.5, 0.6) is 0 Å². The van der Waals surface area contributed by atoms with E-state index >= 15 is 0 Å². The number of benzene rings is 1. The molecule has 0 aliphatic heterocycles. The second-order valence-corrected chi connectivity index (χ2v) is 6.74. The quantitative estimate of drug-likeness (QED) is 0.917. The van der Waals surface area contributed by atoms with Crippen molar-refractivity contribution in [2.45, 2.75) is 44.6 Å². The highest BCUT2D eigenvalue weighted by Crippen LogP contribution is 2.25. The summed E-state index contributed by atoms with van der Waals surface area (Å²) >= 11 is 3.43. The van der Waals surface area contributed by atoms with Crippen LogP contribution in [0.25, 0.3) is 0 Å². The minimum absolute atomic E-state index is 0.278. The third-order valence-corrected chi connectivity index (χ3v) is 4.72. The number of nitrogens with zero attached hydrogens (tertiary/aromatic N) is 2. The molecule has 1 fully saturated rings. The van der Waals surface area contributed by atoms with Crippen LogP contribution in [0.2, 0.25) is 0 Å². The Bertz CT molecular complexity index is 581. The lowest BCUT2D eigenvalue weighted by Crippen LogP contribution is -2.34. The fourth-order valence-electron chi connectivity index (χ4n) is 2.94. The summed E-state index contributed by atoms with van der Waals surface area (Å²) in [6, 6.07) is 8.46. The molecule has 0 bridgehead atoms. The monoisotopic (exact) mass is 349 g/mol. The lowest BCUT2D eigenvalue weighted by molar-refractivity contribution is 0.273. The molecule has 5 heteroatoms. The van der Waals surface area contributed by atoms with Crippen molar-refractivity contribution in [3.63, 3.8) is 0 Å². The van der Waals surface area contributed by atoms with E-state index in [2.05, 4.69) is 38.2 Å². The van der Waals surface area contributed by atoms with Crippen LogP contribution in [-0.2, 0) is 12.8 Å². The van der Waals surface area contributed by atoms with E-state index in [1.807, 2.05) is 12.1 Å². The average molecular weight is 350 g/mol. The van der Waals surface area contributed by atoms with E-state index in [1.165, 1.54) is 24.8 Å². The van der Waals surface area contributed by atoms with Gasteiger partial charge in [0, 0.05) is 23.4 Å². The fraction of sp³-hybridized carbons (Fsp3) is 0.500. The summed E-state index contributed by atoms with van der Waals surface area (Å²) in [5.41, 5.74) is 7.36.